The molecule has 3 aliphatic heterocycles. The van der Waals surface area contributed by atoms with Gasteiger partial charge in [0, 0.05) is 32.2 Å². The average molecular weight is 436 g/mol. The second-order valence-electron chi connectivity index (χ2n) is 8.50. The van der Waals surface area contributed by atoms with E-state index in [1.807, 2.05) is 0 Å². The van der Waals surface area contributed by atoms with Crippen molar-refractivity contribution in [1.29, 1.82) is 0 Å². The number of rotatable bonds is 2. The smallest absolute Gasteiger partial charge is 0.238 e. The molecule has 3 heterocycles. The number of hydrogen-bond donors (Lipinski definition) is 2. The molecule has 4 rings (SSSR count). The van der Waals surface area contributed by atoms with E-state index in [0.29, 0.717) is 6.54 Å². The standard InChI is InChI=1S/C19H33N5O2.2ClH/c1-22-9-11-23(12-10-22)13-17(25)24-16-7-3-2-5-14(16)19(26)21-15-6-4-8-20-18(15)24;;/h14-16,18,20H,2-13H2,1H3,(H,21,26);2*1H. The fourth-order valence-electron chi connectivity index (χ4n) is 5.18. The number of halogens is 2. The average Bonchev–Trinajstić information content (AvgIpc) is 2.77. The second kappa shape index (κ2) is 10.4. The first-order valence-electron chi connectivity index (χ1n) is 10.4. The second-order valence-corrected chi connectivity index (χ2v) is 8.50. The summed E-state index contributed by atoms with van der Waals surface area (Å²) in [5.41, 5.74) is 0. The molecule has 1 saturated carbocycles. The van der Waals surface area contributed by atoms with Gasteiger partial charge in [0.1, 0.15) is 6.17 Å². The van der Waals surface area contributed by atoms with Crippen molar-refractivity contribution in [3.8, 4) is 0 Å². The van der Waals surface area contributed by atoms with E-state index in [2.05, 4.69) is 32.4 Å². The number of fused-ring (bicyclic) bond motifs is 2. The summed E-state index contributed by atoms with van der Waals surface area (Å²) < 4.78 is 0. The topological polar surface area (TPSA) is 67.9 Å². The highest BCUT2D eigenvalue weighted by molar-refractivity contribution is 5.86. The third-order valence-electron chi connectivity index (χ3n) is 6.72. The summed E-state index contributed by atoms with van der Waals surface area (Å²) in [6.07, 6.45) is 6.05. The van der Waals surface area contributed by atoms with E-state index in [4.69, 9.17) is 0 Å². The summed E-state index contributed by atoms with van der Waals surface area (Å²) in [5, 5.41) is 6.81. The first-order valence-corrected chi connectivity index (χ1v) is 10.4. The van der Waals surface area contributed by atoms with E-state index in [0.717, 1.165) is 71.2 Å². The molecule has 9 heteroatoms. The van der Waals surface area contributed by atoms with Crippen LogP contribution in [0.2, 0.25) is 0 Å². The Morgan fingerprint density at radius 3 is 2.50 bits per heavy atom. The van der Waals surface area contributed by atoms with Gasteiger partial charge in [-0.1, -0.05) is 12.8 Å². The van der Waals surface area contributed by atoms with Crippen LogP contribution < -0.4 is 10.6 Å². The maximum Gasteiger partial charge on any atom is 0.238 e. The van der Waals surface area contributed by atoms with Crippen LogP contribution in [-0.4, -0.2) is 91.1 Å². The Morgan fingerprint density at radius 2 is 1.75 bits per heavy atom. The van der Waals surface area contributed by atoms with Gasteiger partial charge in [0.2, 0.25) is 11.8 Å². The zero-order chi connectivity index (χ0) is 18.1. The highest BCUT2D eigenvalue weighted by Gasteiger charge is 2.47. The summed E-state index contributed by atoms with van der Waals surface area (Å²) >= 11 is 0. The Kier molecular flexibility index (Phi) is 8.82. The van der Waals surface area contributed by atoms with Crippen molar-refractivity contribution in [3.05, 3.63) is 0 Å². The highest BCUT2D eigenvalue weighted by Crippen LogP contribution is 2.34. The largest absolute Gasteiger partial charge is 0.350 e. The van der Waals surface area contributed by atoms with Gasteiger partial charge in [0.25, 0.3) is 0 Å². The lowest BCUT2D eigenvalue weighted by Crippen LogP contribution is -2.64. The van der Waals surface area contributed by atoms with Gasteiger partial charge in [-0.25, -0.2) is 0 Å². The van der Waals surface area contributed by atoms with Gasteiger partial charge in [-0.15, -0.1) is 24.8 Å². The summed E-state index contributed by atoms with van der Waals surface area (Å²) in [5.74, 6) is 0.336. The molecular weight excluding hydrogens is 401 g/mol. The molecule has 4 fully saturated rings. The Labute approximate surface area is 180 Å². The van der Waals surface area contributed by atoms with E-state index >= 15 is 0 Å². The minimum absolute atomic E-state index is 0. The van der Waals surface area contributed by atoms with Gasteiger partial charge in [-0.2, -0.15) is 0 Å². The maximum atomic E-state index is 13.4. The molecule has 2 amide bonds. The van der Waals surface area contributed by atoms with Crippen molar-refractivity contribution in [1.82, 2.24) is 25.3 Å². The van der Waals surface area contributed by atoms with Gasteiger partial charge < -0.3 is 15.1 Å². The first kappa shape index (κ1) is 23.7. The Bertz CT molecular complexity index is 544. The molecule has 0 aromatic rings. The lowest BCUT2D eigenvalue weighted by molar-refractivity contribution is -0.142. The van der Waals surface area contributed by atoms with Crippen molar-refractivity contribution in [2.45, 2.75) is 56.8 Å². The predicted octanol–water partition coefficient (Wildman–Crippen LogP) is 0.673. The fourth-order valence-corrected chi connectivity index (χ4v) is 5.18. The van der Waals surface area contributed by atoms with Gasteiger partial charge in [0.05, 0.1) is 18.5 Å². The molecular formula is C19H35Cl2N5O2. The fraction of sp³-hybridized carbons (Fsp3) is 0.895. The zero-order valence-corrected chi connectivity index (χ0v) is 18.4. The van der Waals surface area contributed by atoms with E-state index in [1.54, 1.807) is 0 Å². The summed E-state index contributed by atoms with van der Waals surface area (Å²) in [6.45, 7) is 5.34. The van der Waals surface area contributed by atoms with Crippen LogP contribution in [0.25, 0.3) is 0 Å². The first-order chi connectivity index (χ1) is 12.6. The lowest BCUT2D eigenvalue weighted by Gasteiger charge is -2.45. The third-order valence-corrected chi connectivity index (χ3v) is 6.72. The number of carbonyl (C=O) groups is 2. The molecule has 3 saturated heterocycles. The summed E-state index contributed by atoms with van der Waals surface area (Å²) in [4.78, 5) is 32.9. The van der Waals surface area contributed by atoms with Crippen LogP contribution in [0.4, 0.5) is 0 Å². The van der Waals surface area contributed by atoms with E-state index in [-0.39, 0.29) is 60.8 Å². The van der Waals surface area contributed by atoms with Crippen LogP contribution in [0, 0.1) is 5.92 Å². The van der Waals surface area contributed by atoms with Crippen molar-refractivity contribution in [3.63, 3.8) is 0 Å². The van der Waals surface area contributed by atoms with Crippen LogP contribution in [0.1, 0.15) is 38.5 Å². The van der Waals surface area contributed by atoms with Gasteiger partial charge in [0.15, 0.2) is 0 Å². The molecule has 0 spiro atoms. The Balaban J connectivity index is 0.00000140. The third kappa shape index (κ3) is 4.93. The van der Waals surface area contributed by atoms with Crippen LogP contribution in [0.15, 0.2) is 0 Å². The minimum Gasteiger partial charge on any atom is -0.350 e. The molecule has 2 N–H and O–H groups in total. The quantitative estimate of drug-likeness (QED) is 0.666. The van der Waals surface area contributed by atoms with Crippen molar-refractivity contribution in [2.24, 2.45) is 5.92 Å². The zero-order valence-electron chi connectivity index (χ0n) is 16.8. The minimum atomic E-state index is -0.0410. The Hall–Kier alpha value is -0.600. The van der Waals surface area contributed by atoms with Crippen molar-refractivity contribution >= 4 is 36.6 Å². The molecule has 7 nitrogen and oxygen atoms in total. The van der Waals surface area contributed by atoms with E-state index in [1.165, 1.54) is 0 Å². The summed E-state index contributed by atoms with van der Waals surface area (Å²) in [7, 11) is 2.13. The van der Waals surface area contributed by atoms with Crippen LogP contribution in [0.3, 0.4) is 0 Å². The molecule has 0 bridgehead atoms. The van der Waals surface area contributed by atoms with Crippen LogP contribution in [0.5, 0.6) is 0 Å². The molecule has 0 radical (unpaired) electrons. The molecule has 28 heavy (non-hydrogen) atoms. The number of hydrogen-bond acceptors (Lipinski definition) is 5. The predicted molar refractivity (Wildman–Crippen MR) is 114 cm³/mol. The molecule has 4 atom stereocenters. The number of nitrogens with one attached hydrogen (secondary N) is 2. The number of nitrogens with zero attached hydrogens (tertiary/aromatic N) is 3. The maximum absolute atomic E-state index is 13.4. The number of piperazine rings is 1. The molecule has 4 aliphatic rings. The number of carbonyl (C=O) groups excluding carboxylic acids is 2. The van der Waals surface area contributed by atoms with E-state index in [9.17, 15) is 9.59 Å². The van der Waals surface area contributed by atoms with Crippen molar-refractivity contribution < 1.29 is 9.59 Å². The van der Waals surface area contributed by atoms with Gasteiger partial charge in [-0.3, -0.25) is 19.8 Å². The number of piperidine rings is 1. The lowest BCUT2D eigenvalue weighted by atomic mass is 9.83. The monoisotopic (exact) mass is 435 g/mol. The van der Waals surface area contributed by atoms with Crippen LogP contribution >= 0.6 is 24.8 Å². The van der Waals surface area contributed by atoms with E-state index < -0.39 is 0 Å². The summed E-state index contributed by atoms with van der Waals surface area (Å²) in [6, 6.07) is 0.114. The van der Waals surface area contributed by atoms with Crippen molar-refractivity contribution in [2.75, 3.05) is 46.3 Å². The number of amides is 2. The Morgan fingerprint density at radius 1 is 1.04 bits per heavy atom. The molecule has 4 unspecified atom stereocenters. The van der Waals surface area contributed by atoms with Crippen LogP contribution in [-0.2, 0) is 9.59 Å². The van der Waals surface area contributed by atoms with Gasteiger partial charge >= 0.3 is 0 Å². The normalized spacial score (nSPS) is 34.0. The molecule has 0 aromatic heterocycles. The number of likely N-dealkylation sites (N-methyl/N-ethyl adjacent to an activating group) is 1. The molecule has 162 valence electrons. The molecule has 0 aromatic carbocycles. The SMILES string of the molecule is CN1CCN(CC(=O)N2C3CCCCC3C(=O)NC3CCCNC32)CC1.Cl.Cl. The van der Waals surface area contributed by atoms with Gasteiger partial charge in [-0.05, 0) is 39.3 Å². The molecule has 1 aliphatic carbocycles. The highest BCUT2D eigenvalue weighted by atomic mass is 35.5.